The smallest absolute Gasteiger partial charge is 0.353 e. The molecule has 0 aliphatic carbocycles. The fourth-order valence-corrected chi connectivity index (χ4v) is 1.57. The summed E-state index contributed by atoms with van der Waals surface area (Å²) in [5, 5.41) is 0. The molecule has 0 atom stereocenters. The molecule has 0 saturated carbocycles. The fourth-order valence-electron chi connectivity index (χ4n) is 0.523. The third kappa shape index (κ3) is 4.24. The number of amides is 1. The van der Waals surface area contributed by atoms with Crippen LogP contribution in [-0.4, -0.2) is 24.9 Å². The van der Waals surface area contributed by atoms with E-state index in [9.17, 15) is 13.6 Å². The predicted octanol–water partition coefficient (Wildman–Crippen LogP) is 2.38. The van der Waals surface area contributed by atoms with Gasteiger partial charge in [0.05, 0.1) is 0 Å². The second-order valence-corrected chi connectivity index (χ2v) is 9.47. The Balaban J connectivity index is 4.44. The zero-order valence-corrected chi connectivity index (χ0v) is 10.0. The first-order valence-corrected chi connectivity index (χ1v) is 7.93. The topological polar surface area (TPSA) is 29.1 Å². The van der Waals surface area contributed by atoms with Crippen molar-refractivity contribution < 1.29 is 13.6 Å². The van der Waals surface area contributed by atoms with E-state index >= 15 is 0 Å². The van der Waals surface area contributed by atoms with Crippen molar-refractivity contribution in [2.75, 3.05) is 0 Å². The second kappa shape index (κ2) is 4.10. The fraction of sp³-hybridized carbons (Fsp3) is 0.833. The first-order chi connectivity index (χ1) is 5.57. The van der Waals surface area contributed by atoms with E-state index in [-0.39, 0.29) is 0 Å². The van der Waals surface area contributed by atoms with Crippen LogP contribution < -0.4 is 4.98 Å². The summed E-state index contributed by atoms with van der Waals surface area (Å²) in [5.41, 5.74) is 0. The number of nitrogens with one attached hydrogen (secondary N) is 1. The number of carbonyl (C=O) groups excluding carboxylic acids is 1. The molecule has 0 aromatic carbocycles. The largest absolute Gasteiger partial charge is 0.377 e. The molecule has 0 aliphatic heterocycles. The molecule has 0 bridgehead atoms. The van der Waals surface area contributed by atoms with Crippen molar-refractivity contribution in [3.8, 4) is 0 Å². The first-order valence-electron chi connectivity index (χ1n) is 3.56. The van der Waals surface area contributed by atoms with Crippen molar-refractivity contribution in [3.63, 3.8) is 0 Å². The zero-order chi connectivity index (χ0) is 10.9. The molecule has 1 amide bonds. The van der Waals surface area contributed by atoms with Crippen LogP contribution in [0.1, 0.15) is 0 Å². The van der Waals surface area contributed by atoms with Gasteiger partial charge < -0.3 is 4.98 Å². The van der Waals surface area contributed by atoms with Gasteiger partial charge in [-0.2, -0.15) is 8.78 Å². The molecule has 0 aromatic heterocycles. The second-order valence-electron chi connectivity index (χ2n) is 3.63. The van der Waals surface area contributed by atoms with Crippen LogP contribution in [0.2, 0.25) is 19.6 Å². The monoisotopic (exact) mass is 249 g/mol. The number of alkyl halides is 4. The lowest BCUT2D eigenvalue weighted by Gasteiger charge is -2.23. The third-order valence-corrected chi connectivity index (χ3v) is 2.59. The summed E-state index contributed by atoms with van der Waals surface area (Å²) in [6.45, 7) is 5.16. The van der Waals surface area contributed by atoms with E-state index in [0.29, 0.717) is 0 Å². The van der Waals surface area contributed by atoms with Gasteiger partial charge in [0.1, 0.15) is 8.24 Å². The molecule has 7 heteroatoms. The van der Waals surface area contributed by atoms with Crippen molar-refractivity contribution >= 4 is 37.3 Å². The van der Waals surface area contributed by atoms with Crippen LogP contribution in [0.3, 0.4) is 0 Å². The van der Waals surface area contributed by atoms with Crippen molar-refractivity contribution in [3.05, 3.63) is 0 Å². The molecular formula is C6H11Cl2F2NOSi. The van der Waals surface area contributed by atoms with E-state index in [1.54, 1.807) is 19.6 Å². The normalized spacial score (nSPS) is 13.2. The molecule has 0 unspecified atom stereocenters. The summed E-state index contributed by atoms with van der Waals surface area (Å²) in [6, 6.07) is 0. The standard InChI is InChI=1S/C6H11Cl2F2NOSi/c1-13(2,3)11-5(12)6(9,10)4(7)8/h4H,1-3H3,(H,11,12). The molecule has 0 saturated heterocycles. The van der Waals surface area contributed by atoms with Gasteiger partial charge in [0.15, 0.2) is 4.84 Å². The van der Waals surface area contributed by atoms with Crippen molar-refractivity contribution in [1.82, 2.24) is 4.98 Å². The number of carbonyl (C=O) groups is 1. The van der Waals surface area contributed by atoms with Crippen LogP contribution in [0.5, 0.6) is 0 Å². The Morgan fingerprint density at radius 2 is 1.77 bits per heavy atom. The Kier molecular flexibility index (Phi) is 4.14. The maximum absolute atomic E-state index is 12.8. The molecule has 0 radical (unpaired) electrons. The molecule has 0 aromatic rings. The summed E-state index contributed by atoms with van der Waals surface area (Å²) in [5.74, 6) is -5.12. The molecule has 0 aliphatic rings. The highest BCUT2D eigenvalue weighted by molar-refractivity contribution is 6.76. The van der Waals surface area contributed by atoms with Crippen LogP contribution in [0, 0.1) is 0 Å². The summed E-state index contributed by atoms with van der Waals surface area (Å²) >= 11 is 9.93. The van der Waals surface area contributed by atoms with Crippen molar-refractivity contribution in [2.24, 2.45) is 0 Å². The lowest BCUT2D eigenvalue weighted by Crippen LogP contribution is -2.54. The quantitative estimate of drug-likeness (QED) is 0.604. The Bertz CT molecular complexity index is 205. The van der Waals surface area contributed by atoms with E-state index in [4.69, 9.17) is 23.2 Å². The van der Waals surface area contributed by atoms with Gasteiger partial charge in [-0.05, 0) is 0 Å². The summed E-state index contributed by atoms with van der Waals surface area (Å²) in [7, 11) is -2.07. The van der Waals surface area contributed by atoms with Gasteiger partial charge in [0, 0.05) is 0 Å². The highest BCUT2D eigenvalue weighted by atomic mass is 35.5. The van der Waals surface area contributed by atoms with Crippen molar-refractivity contribution in [2.45, 2.75) is 30.4 Å². The van der Waals surface area contributed by atoms with Gasteiger partial charge in [-0.25, -0.2) is 0 Å². The Hall–Kier alpha value is 0.127. The minimum Gasteiger partial charge on any atom is -0.377 e. The average molecular weight is 250 g/mol. The molecule has 1 N–H and O–H groups in total. The molecular weight excluding hydrogens is 239 g/mol. The Labute approximate surface area is 86.7 Å². The van der Waals surface area contributed by atoms with E-state index in [1.165, 1.54) is 0 Å². The Morgan fingerprint density at radius 1 is 1.38 bits per heavy atom. The average Bonchev–Trinajstić information content (AvgIpc) is 1.82. The van der Waals surface area contributed by atoms with Crippen LogP contribution >= 0.6 is 23.2 Å². The summed E-state index contributed by atoms with van der Waals surface area (Å²) in [6.07, 6.45) is 0. The van der Waals surface area contributed by atoms with Crippen molar-refractivity contribution in [1.29, 1.82) is 0 Å². The van der Waals surface area contributed by atoms with Crippen LogP contribution in [0.25, 0.3) is 0 Å². The molecule has 0 spiro atoms. The van der Waals surface area contributed by atoms with E-state index < -0.39 is 24.9 Å². The molecule has 0 heterocycles. The Morgan fingerprint density at radius 3 is 2.00 bits per heavy atom. The van der Waals surface area contributed by atoms with Gasteiger partial charge in [-0.3, -0.25) is 4.79 Å². The molecule has 2 nitrogen and oxygen atoms in total. The van der Waals surface area contributed by atoms with Crippen LogP contribution in [0.4, 0.5) is 8.78 Å². The van der Waals surface area contributed by atoms with Gasteiger partial charge in [0.2, 0.25) is 0 Å². The van der Waals surface area contributed by atoms with Gasteiger partial charge in [0.25, 0.3) is 5.91 Å². The predicted molar refractivity (Wildman–Crippen MR) is 51.9 cm³/mol. The highest BCUT2D eigenvalue weighted by Crippen LogP contribution is 2.27. The number of rotatable bonds is 3. The van der Waals surface area contributed by atoms with Gasteiger partial charge in [-0.1, -0.05) is 42.8 Å². The lowest BCUT2D eigenvalue weighted by atomic mass is 10.4. The van der Waals surface area contributed by atoms with Crippen LogP contribution in [0.15, 0.2) is 0 Å². The minimum absolute atomic E-state index is 1.40. The summed E-state index contributed by atoms with van der Waals surface area (Å²) in [4.78, 5) is 11.1. The van der Waals surface area contributed by atoms with Crippen LogP contribution in [-0.2, 0) is 4.79 Å². The van der Waals surface area contributed by atoms with E-state index in [0.717, 1.165) is 0 Å². The highest BCUT2D eigenvalue weighted by Gasteiger charge is 2.46. The maximum atomic E-state index is 12.8. The van der Waals surface area contributed by atoms with Gasteiger partial charge in [-0.15, -0.1) is 0 Å². The van der Waals surface area contributed by atoms with E-state index in [2.05, 4.69) is 4.98 Å². The maximum Gasteiger partial charge on any atom is 0.353 e. The molecule has 13 heavy (non-hydrogen) atoms. The lowest BCUT2D eigenvalue weighted by molar-refractivity contribution is -0.141. The zero-order valence-electron chi connectivity index (χ0n) is 7.50. The number of hydrogen-bond acceptors (Lipinski definition) is 1. The third-order valence-electron chi connectivity index (χ3n) is 1.07. The van der Waals surface area contributed by atoms with Gasteiger partial charge >= 0.3 is 5.92 Å². The SMILES string of the molecule is C[Si](C)(C)NC(=O)C(F)(F)C(Cl)Cl. The molecule has 0 fully saturated rings. The molecule has 78 valence electrons. The molecule has 0 rings (SSSR count). The number of hydrogen-bond donors (Lipinski definition) is 1. The minimum atomic E-state index is -3.72. The van der Waals surface area contributed by atoms with E-state index in [1.807, 2.05) is 0 Å². The first kappa shape index (κ1) is 13.1. The number of halogens is 4. The summed E-state index contributed by atoms with van der Waals surface area (Å²) < 4.78 is 25.6.